The minimum absolute atomic E-state index is 0.155. The van der Waals surface area contributed by atoms with Crippen LogP contribution in [0.2, 0.25) is 0 Å². The van der Waals surface area contributed by atoms with Gasteiger partial charge in [0.1, 0.15) is 0 Å². The molecule has 0 aliphatic carbocycles. The molecule has 4 heteroatoms. The van der Waals surface area contributed by atoms with E-state index in [2.05, 4.69) is 47.1 Å². The Labute approximate surface area is 193 Å². The van der Waals surface area contributed by atoms with Gasteiger partial charge >= 0.3 is 0 Å². The molecular formula is C28H36N2O2. The Morgan fingerprint density at radius 2 is 1.66 bits per heavy atom. The zero-order valence-corrected chi connectivity index (χ0v) is 19.6. The molecule has 0 spiro atoms. The minimum Gasteiger partial charge on any atom is -0.328 e. The lowest BCUT2D eigenvalue weighted by Gasteiger charge is -2.13. The van der Waals surface area contributed by atoms with Crippen molar-refractivity contribution in [3.05, 3.63) is 102 Å². The van der Waals surface area contributed by atoms with Crippen LogP contribution in [0.25, 0.3) is 0 Å². The lowest BCUT2D eigenvalue weighted by Crippen LogP contribution is -2.18. The fraction of sp³-hybridized carbons (Fsp3) is 0.286. The van der Waals surface area contributed by atoms with E-state index < -0.39 is 0 Å². The Balaban J connectivity index is 0.000000315. The summed E-state index contributed by atoms with van der Waals surface area (Å²) in [6, 6.07) is 17.6. The molecule has 1 fully saturated rings. The maximum atomic E-state index is 12.3. The number of benzene rings is 2. The van der Waals surface area contributed by atoms with E-state index >= 15 is 0 Å². The molecule has 3 rings (SSSR count). The van der Waals surface area contributed by atoms with Crippen LogP contribution < -0.4 is 5.32 Å². The summed E-state index contributed by atoms with van der Waals surface area (Å²) in [5.74, 6) is -0.155. The number of nitrogens with one attached hydrogen (secondary N) is 1. The van der Waals surface area contributed by atoms with Crippen LogP contribution in [-0.2, 0) is 11.3 Å². The summed E-state index contributed by atoms with van der Waals surface area (Å²) in [6.07, 6.45) is 10.0. The van der Waals surface area contributed by atoms with Gasteiger partial charge in [0.15, 0.2) is 5.78 Å². The largest absolute Gasteiger partial charge is 0.328 e. The van der Waals surface area contributed by atoms with Crippen LogP contribution in [0.15, 0.2) is 91.1 Å². The Morgan fingerprint density at radius 3 is 2.25 bits per heavy atom. The normalized spacial score (nSPS) is 13.4. The highest BCUT2D eigenvalue weighted by Gasteiger charge is 2.13. The molecule has 4 nitrogen and oxygen atoms in total. The molecule has 0 radical (unpaired) electrons. The van der Waals surface area contributed by atoms with Crippen LogP contribution in [0.3, 0.4) is 0 Å². The van der Waals surface area contributed by atoms with E-state index in [1.54, 1.807) is 48.6 Å². The topological polar surface area (TPSA) is 49.4 Å². The molecule has 1 aliphatic rings. The highest BCUT2D eigenvalue weighted by molar-refractivity contribution is 6.14. The van der Waals surface area contributed by atoms with E-state index in [1.807, 2.05) is 20.8 Å². The fourth-order valence-corrected chi connectivity index (χ4v) is 3.32. The van der Waals surface area contributed by atoms with Crippen LogP contribution in [0.4, 0.5) is 5.69 Å². The van der Waals surface area contributed by atoms with Gasteiger partial charge < -0.3 is 5.32 Å². The van der Waals surface area contributed by atoms with Gasteiger partial charge in [-0.3, -0.25) is 14.5 Å². The van der Waals surface area contributed by atoms with Crippen LogP contribution in [0, 0.1) is 0 Å². The number of allylic oxidation sites excluding steroid dienone is 5. The third-order valence-electron chi connectivity index (χ3n) is 4.74. The SMILES string of the molecule is C=C/C=C(\C=C/C)C(=O)c1ccccc1NC=O.CC.c1ccc(CN2CCCC2)cc1. The summed E-state index contributed by atoms with van der Waals surface area (Å²) in [5, 5.41) is 2.52. The number of nitrogens with zero attached hydrogens (tertiary/aromatic N) is 1. The maximum Gasteiger partial charge on any atom is 0.211 e. The average molecular weight is 433 g/mol. The van der Waals surface area contributed by atoms with Crippen LogP contribution in [-0.4, -0.2) is 30.2 Å². The van der Waals surface area contributed by atoms with Gasteiger partial charge in [-0.1, -0.05) is 87.2 Å². The van der Waals surface area contributed by atoms with Gasteiger partial charge in [-0.15, -0.1) is 0 Å². The second-order valence-corrected chi connectivity index (χ2v) is 6.96. The fourth-order valence-electron chi connectivity index (χ4n) is 3.32. The van der Waals surface area contributed by atoms with Gasteiger partial charge in [-0.05, 0) is 50.6 Å². The van der Waals surface area contributed by atoms with E-state index in [9.17, 15) is 9.59 Å². The molecule has 1 heterocycles. The molecule has 0 saturated carbocycles. The molecule has 2 aromatic rings. The zero-order valence-electron chi connectivity index (χ0n) is 19.6. The van der Waals surface area contributed by atoms with Crippen LogP contribution >= 0.6 is 0 Å². The van der Waals surface area contributed by atoms with Crippen LogP contribution in [0.1, 0.15) is 49.5 Å². The quantitative estimate of drug-likeness (QED) is 0.226. The van der Waals surface area contributed by atoms with Gasteiger partial charge in [-0.2, -0.15) is 0 Å². The smallest absolute Gasteiger partial charge is 0.211 e. The molecule has 1 amide bonds. The number of amides is 1. The number of Topliss-reactive ketones (excluding diaryl/α,β-unsaturated/α-hetero) is 1. The number of carbonyl (C=O) groups excluding carboxylic acids is 2. The minimum atomic E-state index is -0.155. The summed E-state index contributed by atoms with van der Waals surface area (Å²) in [4.78, 5) is 25.3. The summed E-state index contributed by atoms with van der Waals surface area (Å²) in [5.41, 5.74) is 2.92. The molecule has 2 aromatic carbocycles. The van der Waals surface area contributed by atoms with E-state index in [4.69, 9.17) is 0 Å². The number of rotatable bonds is 8. The van der Waals surface area contributed by atoms with Crippen molar-refractivity contribution in [2.45, 2.75) is 40.2 Å². The first-order valence-electron chi connectivity index (χ1n) is 11.2. The number of likely N-dealkylation sites (tertiary alicyclic amines) is 1. The molecule has 0 unspecified atom stereocenters. The Bertz CT molecular complexity index is 879. The third-order valence-corrected chi connectivity index (χ3v) is 4.74. The highest BCUT2D eigenvalue weighted by Crippen LogP contribution is 2.19. The number of ketones is 1. The average Bonchev–Trinajstić information content (AvgIpc) is 3.35. The van der Waals surface area contributed by atoms with E-state index in [0.29, 0.717) is 23.2 Å². The Kier molecular flexibility index (Phi) is 13.8. The van der Waals surface area contributed by atoms with E-state index in [0.717, 1.165) is 6.54 Å². The first-order chi connectivity index (χ1) is 15.7. The van der Waals surface area contributed by atoms with Crippen molar-refractivity contribution in [1.82, 2.24) is 4.90 Å². The van der Waals surface area contributed by atoms with Crippen molar-refractivity contribution >= 4 is 17.9 Å². The molecule has 170 valence electrons. The lowest BCUT2D eigenvalue weighted by atomic mass is 10.0. The summed E-state index contributed by atoms with van der Waals surface area (Å²) >= 11 is 0. The maximum absolute atomic E-state index is 12.3. The predicted molar refractivity (Wildman–Crippen MR) is 136 cm³/mol. The summed E-state index contributed by atoms with van der Waals surface area (Å²) in [7, 11) is 0. The molecule has 1 saturated heterocycles. The number of anilines is 1. The van der Waals surface area contributed by atoms with Crippen molar-refractivity contribution in [1.29, 1.82) is 0 Å². The Hall–Kier alpha value is -3.24. The van der Waals surface area contributed by atoms with Crippen molar-refractivity contribution in [2.24, 2.45) is 0 Å². The van der Waals surface area contributed by atoms with Gasteiger partial charge in [0.2, 0.25) is 6.41 Å². The second-order valence-electron chi connectivity index (χ2n) is 6.96. The molecule has 1 N–H and O–H groups in total. The zero-order chi connectivity index (χ0) is 23.6. The van der Waals surface area contributed by atoms with E-state index in [1.165, 1.54) is 31.5 Å². The van der Waals surface area contributed by atoms with Gasteiger partial charge in [0.05, 0.1) is 5.69 Å². The van der Waals surface area contributed by atoms with Gasteiger partial charge in [-0.25, -0.2) is 0 Å². The monoisotopic (exact) mass is 432 g/mol. The number of hydrogen-bond acceptors (Lipinski definition) is 3. The summed E-state index contributed by atoms with van der Waals surface area (Å²) in [6.45, 7) is 13.1. The first kappa shape index (κ1) is 26.8. The molecule has 0 atom stereocenters. The van der Waals surface area contributed by atoms with Gasteiger partial charge in [0, 0.05) is 17.7 Å². The summed E-state index contributed by atoms with van der Waals surface area (Å²) < 4.78 is 0. The van der Waals surface area contributed by atoms with E-state index in [-0.39, 0.29) is 5.78 Å². The Morgan fingerprint density at radius 1 is 1.03 bits per heavy atom. The highest BCUT2D eigenvalue weighted by atomic mass is 16.1. The first-order valence-corrected chi connectivity index (χ1v) is 11.2. The molecular weight excluding hydrogens is 396 g/mol. The second kappa shape index (κ2) is 16.5. The lowest BCUT2D eigenvalue weighted by molar-refractivity contribution is -0.105. The number of carbonyl (C=O) groups is 2. The van der Waals surface area contributed by atoms with Crippen molar-refractivity contribution in [2.75, 3.05) is 18.4 Å². The third kappa shape index (κ3) is 9.27. The molecule has 1 aliphatic heterocycles. The molecule has 32 heavy (non-hydrogen) atoms. The number of hydrogen-bond donors (Lipinski definition) is 1. The predicted octanol–water partition coefficient (Wildman–Crippen LogP) is 6.43. The van der Waals surface area contributed by atoms with Crippen molar-refractivity contribution in [3.63, 3.8) is 0 Å². The van der Waals surface area contributed by atoms with Crippen molar-refractivity contribution < 1.29 is 9.59 Å². The van der Waals surface area contributed by atoms with Crippen molar-refractivity contribution in [3.8, 4) is 0 Å². The number of para-hydroxylation sites is 1. The van der Waals surface area contributed by atoms with Gasteiger partial charge in [0.25, 0.3) is 0 Å². The standard InChI is InChI=1S/C15H15NO2.C11H15N.C2H6/c1-3-7-12(8-4-2)15(18)13-9-5-6-10-14(13)16-11-17;1-2-6-11(7-3-1)10-12-8-4-5-9-12;1-2/h3-11H,1H2,2H3,(H,16,17);1-3,6-7H,4-5,8-10H2;1-2H3/b8-4-,12-7+;;. The molecule has 0 aromatic heterocycles. The van der Waals surface area contributed by atoms with Crippen LogP contribution in [0.5, 0.6) is 0 Å². The molecule has 0 bridgehead atoms.